The number of esters is 1. The molecule has 5 nitrogen and oxygen atoms in total. The van der Waals surface area contributed by atoms with E-state index in [4.69, 9.17) is 34.3 Å². The summed E-state index contributed by atoms with van der Waals surface area (Å²) >= 11 is 11.2. The molecule has 1 aromatic carbocycles. The van der Waals surface area contributed by atoms with Crippen LogP contribution in [0.2, 0.25) is 5.02 Å². The summed E-state index contributed by atoms with van der Waals surface area (Å²) in [7, 11) is 2.99. The summed E-state index contributed by atoms with van der Waals surface area (Å²) in [6, 6.07) is 5.36. The number of hydrogen-bond acceptors (Lipinski definition) is 5. The molecule has 0 radical (unpaired) electrons. The minimum atomic E-state index is -0.270. The Labute approximate surface area is 135 Å². The third-order valence-corrected chi connectivity index (χ3v) is 3.49. The third kappa shape index (κ3) is 5.49. The molecule has 1 aromatic rings. The number of nitrogens with zero attached hydrogens (tertiary/aromatic N) is 1. The minimum Gasteiger partial charge on any atom is -0.469 e. The number of halogens is 1. The van der Waals surface area contributed by atoms with Gasteiger partial charge in [-0.05, 0) is 18.2 Å². The lowest BCUT2D eigenvalue weighted by atomic mass is 10.2. The molecule has 1 rings (SSSR count). The molecule has 2 N–H and O–H groups in total. The van der Waals surface area contributed by atoms with Crippen LogP contribution >= 0.6 is 23.8 Å². The summed E-state index contributed by atoms with van der Waals surface area (Å²) in [6.45, 7) is 1.62. The molecule has 116 valence electrons. The number of thiocarbonyl (C=S) groups is 1. The highest BCUT2D eigenvalue weighted by Crippen LogP contribution is 2.27. The van der Waals surface area contributed by atoms with Crippen LogP contribution in [-0.4, -0.2) is 44.9 Å². The number of ether oxygens (including phenoxy) is 2. The Bertz CT molecular complexity index is 511. The predicted octanol–water partition coefficient (Wildman–Crippen LogP) is 1.99. The monoisotopic (exact) mass is 330 g/mol. The maximum atomic E-state index is 11.3. The van der Waals surface area contributed by atoms with Gasteiger partial charge in [-0.3, -0.25) is 4.79 Å². The highest BCUT2D eigenvalue weighted by molar-refractivity contribution is 7.80. The van der Waals surface area contributed by atoms with Crippen molar-refractivity contribution < 1.29 is 14.3 Å². The summed E-state index contributed by atoms with van der Waals surface area (Å²) in [4.78, 5) is 13.6. The van der Waals surface area contributed by atoms with Crippen LogP contribution < -0.4 is 10.6 Å². The first-order valence-corrected chi connectivity index (χ1v) is 7.18. The molecule has 0 bridgehead atoms. The molecule has 7 heteroatoms. The van der Waals surface area contributed by atoms with Crippen LogP contribution in [0.15, 0.2) is 18.2 Å². The number of carbonyl (C=O) groups excluding carboxylic acids is 1. The van der Waals surface area contributed by atoms with Crippen molar-refractivity contribution >= 4 is 40.5 Å². The van der Waals surface area contributed by atoms with E-state index in [2.05, 4.69) is 4.74 Å². The topological polar surface area (TPSA) is 64.8 Å². The number of anilines is 1. The number of benzene rings is 1. The summed E-state index contributed by atoms with van der Waals surface area (Å²) in [5.74, 6) is -0.270. The van der Waals surface area contributed by atoms with E-state index < -0.39 is 0 Å². The predicted molar refractivity (Wildman–Crippen MR) is 88.1 cm³/mol. The second-order valence-electron chi connectivity index (χ2n) is 4.34. The summed E-state index contributed by atoms with van der Waals surface area (Å²) in [5, 5.41) is 0.529. The van der Waals surface area contributed by atoms with Gasteiger partial charge in [0, 0.05) is 25.8 Å². The van der Waals surface area contributed by atoms with Crippen molar-refractivity contribution in [2.45, 2.75) is 6.42 Å². The molecule has 0 fully saturated rings. The highest BCUT2D eigenvalue weighted by Gasteiger charge is 2.13. The molecule has 0 unspecified atom stereocenters. The van der Waals surface area contributed by atoms with Gasteiger partial charge in [-0.1, -0.05) is 23.8 Å². The molecule has 0 aliphatic heterocycles. The van der Waals surface area contributed by atoms with E-state index in [-0.39, 0.29) is 12.4 Å². The Hall–Kier alpha value is -1.37. The normalized spacial score (nSPS) is 10.2. The lowest BCUT2D eigenvalue weighted by molar-refractivity contribution is -0.140. The van der Waals surface area contributed by atoms with Crippen molar-refractivity contribution in [1.82, 2.24) is 0 Å². The van der Waals surface area contributed by atoms with E-state index in [1.54, 1.807) is 13.2 Å². The van der Waals surface area contributed by atoms with E-state index in [1.807, 2.05) is 17.0 Å². The Morgan fingerprint density at radius 1 is 1.38 bits per heavy atom. The van der Waals surface area contributed by atoms with Gasteiger partial charge in [0.1, 0.15) is 4.99 Å². The van der Waals surface area contributed by atoms with Crippen molar-refractivity contribution in [3.8, 4) is 0 Å². The van der Waals surface area contributed by atoms with Crippen LogP contribution in [0, 0.1) is 0 Å². The second-order valence-corrected chi connectivity index (χ2v) is 5.18. The van der Waals surface area contributed by atoms with Crippen molar-refractivity contribution in [2.75, 3.05) is 38.8 Å². The van der Waals surface area contributed by atoms with Gasteiger partial charge in [-0.25, -0.2) is 0 Å². The standard InChI is InChI=1S/C14H19ClN2O3S/c1-19-8-7-17(6-5-13(18)20-2)12-4-3-10(14(16)21)9-11(12)15/h3-4,9H,5-8H2,1-2H3,(H2,16,21). The zero-order valence-electron chi connectivity index (χ0n) is 12.1. The van der Waals surface area contributed by atoms with Crippen molar-refractivity contribution in [3.63, 3.8) is 0 Å². The fourth-order valence-electron chi connectivity index (χ4n) is 1.80. The summed E-state index contributed by atoms with van der Waals surface area (Å²) in [5.41, 5.74) is 7.09. The maximum absolute atomic E-state index is 11.3. The first kappa shape index (κ1) is 17.7. The van der Waals surface area contributed by atoms with Gasteiger partial charge in [-0.2, -0.15) is 0 Å². The molecule has 0 spiro atoms. The summed E-state index contributed by atoms with van der Waals surface area (Å²) in [6.07, 6.45) is 0.271. The Morgan fingerprint density at radius 2 is 2.10 bits per heavy atom. The Morgan fingerprint density at radius 3 is 2.62 bits per heavy atom. The van der Waals surface area contributed by atoms with Crippen LogP contribution in [0.5, 0.6) is 0 Å². The van der Waals surface area contributed by atoms with Crippen molar-refractivity contribution in [3.05, 3.63) is 28.8 Å². The molecule has 0 saturated heterocycles. The maximum Gasteiger partial charge on any atom is 0.307 e. The molecule has 21 heavy (non-hydrogen) atoms. The molecular formula is C14H19ClN2O3S. The molecule has 0 amide bonds. The summed E-state index contributed by atoms with van der Waals surface area (Å²) < 4.78 is 9.75. The van der Waals surface area contributed by atoms with Gasteiger partial charge in [0.05, 0.1) is 30.8 Å². The third-order valence-electron chi connectivity index (χ3n) is 2.95. The first-order chi connectivity index (χ1) is 9.99. The molecular weight excluding hydrogens is 312 g/mol. The number of carbonyl (C=O) groups is 1. The smallest absolute Gasteiger partial charge is 0.307 e. The average Bonchev–Trinajstić information content (AvgIpc) is 2.47. The lowest BCUT2D eigenvalue weighted by Gasteiger charge is -2.25. The fraction of sp³-hybridized carbons (Fsp3) is 0.429. The van der Waals surface area contributed by atoms with Gasteiger partial charge in [0.25, 0.3) is 0 Å². The average molecular weight is 331 g/mol. The zero-order valence-corrected chi connectivity index (χ0v) is 13.7. The largest absolute Gasteiger partial charge is 0.469 e. The van der Waals surface area contributed by atoms with E-state index >= 15 is 0 Å². The quantitative estimate of drug-likeness (QED) is 0.581. The first-order valence-electron chi connectivity index (χ1n) is 6.39. The van der Waals surface area contributed by atoms with Gasteiger partial charge >= 0.3 is 5.97 Å². The van der Waals surface area contributed by atoms with Gasteiger partial charge < -0.3 is 20.1 Å². The van der Waals surface area contributed by atoms with Crippen LogP contribution in [0.3, 0.4) is 0 Å². The Kier molecular flexibility index (Phi) is 7.42. The molecule has 0 heterocycles. The number of nitrogens with two attached hydrogens (primary N) is 1. The lowest BCUT2D eigenvalue weighted by Crippen LogP contribution is -2.30. The molecule has 0 aliphatic rings. The van der Waals surface area contributed by atoms with E-state index in [0.29, 0.717) is 35.3 Å². The van der Waals surface area contributed by atoms with E-state index in [0.717, 1.165) is 5.69 Å². The van der Waals surface area contributed by atoms with Crippen LogP contribution in [0.25, 0.3) is 0 Å². The minimum absolute atomic E-state index is 0.270. The molecule has 0 aromatic heterocycles. The SMILES string of the molecule is COCCN(CCC(=O)OC)c1ccc(C(N)=S)cc1Cl. The van der Waals surface area contributed by atoms with Gasteiger partial charge in [-0.15, -0.1) is 0 Å². The number of methoxy groups -OCH3 is 2. The van der Waals surface area contributed by atoms with Crippen LogP contribution in [0.1, 0.15) is 12.0 Å². The van der Waals surface area contributed by atoms with Crippen molar-refractivity contribution in [2.24, 2.45) is 5.73 Å². The van der Waals surface area contributed by atoms with E-state index in [1.165, 1.54) is 7.11 Å². The number of hydrogen-bond donors (Lipinski definition) is 1. The fourth-order valence-corrected chi connectivity index (χ4v) is 2.23. The van der Waals surface area contributed by atoms with Crippen molar-refractivity contribution in [1.29, 1.82) is 0 Å². The van der Waals surface area contributed by atoms with E-state index in [9.17, 15) is 4.79 Å². The second kappa shape index (κ2) is 8.81. The zero-order chi connectivity index (χ0) is 15.8. The molecule has 0 atom stereocenters. The van der Waals surface area contributed by atoms with Gasteiger partial charge in [0.15, 0.2) is 0 Å². The molecule has 0 aliphatic carbocycles. The Balaban J connectivity index is 2.91. The highest BCUT2D eigenvalue weighted by atomic mass is 35.5. The molecule has 0 saturated carbocycles. The van der Waals surface area contributed by atoms with Gasteiger partial charge in [0.2, 0.25) is 0 Å². The van der Waals surface area contributed by atoms with Crippen LogP contribution in [0.4, 0.5) is 5.69 Å². The van der Waals surface area contributed by atoms with Crippen LogP contribution in [-0.2, 0) is 14.3 Å². The number of rotatable bonds is 8.